The average Bonchev–Trinajstić information content (AvgIpc) is 2.99. The lowest BCUT2D eigenvalue weighted by Crippen LogP contribution is -2.67. The molecule has 6 atom stereocenters. The van der Waals surface area contributed by atoms with E-state index in [2.05, 4.69) is 34.6 Å². The first-order valence-electron chi connectivity index (χ1n) is 11.6. The zero-order chi connectivity index (χ0) is 19.9. The number of hydrogen-bond donors (Lipinski definition) is 1. The maximum Gasteiger partial charge on any atom is 0.123 e. The summed E-state index contributed by atoms with van der Waals surface area (Å²) in [6, 6.07) is 5.73. The molecule has 3 aliphatic carbocycles. The first-order valence-corrected chi connectivity index (χ1v) is 11.6. The summed E-state index contributed by atoms with van der Waals surface area (Å²) < 4.78 is 6.94. The normalized spacial score (nSPS) is 46.4. The molecule has 1 heterocycles. The molecule has 0 unspecified atom stereocenters. The minimum atomic E-state index is -0.110. The lowest BCUT2D eigenvalue weighted by atomic mass is 9.37. The highest BCUT2D eigenvalue weighted by Crippen LogP contribution is 2.71. The zero-order valence-corrected chi connectivity index (χ0v) is 18.5. The van der Waals surface area contributed by atoms with Gasteiger partial charge in [0.05, 0.1) is 0 Å². The standard InChI is InChI=1S/C26H38O2/c1-17-7-10-22-24(4)13-6-12-23(2,3)21(24)11-14-25(22,5)26(17)16-18-15-19(27)8-9-20(18)28-26/h8-9,15,17,21-22,27H,6-7,10-14,16H2,1-5H3/t17-,21+,22-,24+,25-,26+/m1/s1. The molecule has 1 N–H and O–H groups in total. The Hall–Kier alpha value is -1.18. The van der Waals surface area contributed by atoms with Crippen molar-refractivity contribution in [1.82, 2.24) is 0 Å². The summed E-state index contributed by atoms with van der Waals surface area (Å²) in [5, 5.41) is 10.0. The third-order valence-electron chi connectivity index (χ3n) is 10.2. The van der Waals surface area contributed by atoms with Gasteiger partial charge in [-0.15, -0.1) is 0 Å². The number of phenols is 1. The molecule has 0 aromatic heterocycles. The highest BCUT2D eigenvalue weighted by Gasteiger charge is 2.68. The maximum atomic E-state index is 10.0. The molecule has 2 nitrogen and oxygen atoms in total. The van der Waals surface area contributed by atoms with Gasteiger partial charge in [-0.1, -0.05) is 41.0 Å². The van der Waals surface area contributed by atoms with E-state index in [0.29, 0.717) is 22.5 Å². The molecule has 2 heteroatoms. The van der Waals surface area contributed by atoms with E-state index in [0.717, 1.165) is 24.0 Å². The Kier molecular flexibility index (Phi) is 3.83. The number of ether oxygens (including phenoxy) is 1. The minimum absolute atomic E-state index is 0.110. The predicted molar refractivity (Wildman–Crippen MR) is 114 cm³/mol. The second-order valence-electron chi connectivity index (χ2n) is 11.8. The minimum Gasteiger partial charge on any atom is -0.508 e. The van der Waals surface area contributed by atoms with E-state index in [1.165, 1.54) is 50.5 Å². The Morgan fingerprint density at radius 3 is 2.54 bits per heavy atom. The van der Waals surface area contributed by atoms with Gasteiger partial charge in [-0.2, -0.15) is 0 Å². The molecule has 1 aromatic rings. The third-order valence-corrected chi connectivity index (χ3v) is 10.2. The van der Waals surface area contributed by atoms with Gasteiger partial charge in [-0.05, 0) is 85.3 Å². The molecule has 4 aliphatic rings. The molecule has 154 valence electrons. The van der Waals surface area contributed by atoms with Crippen LogP contribution < -0.4 is 4.74 Å². The SMILES string of the molecule is C[C@@H]1CC[C@@H]2[C@@]3(C)CCCC(C)(C)[C@@H]3CC[C@@]2(C)[C@]12Cc1cc(O)ccc1O2. The summed E-state index contributed by atoms with van der Waals surface area (Å²) in [7, 11) is 0. The van der Waals surface area contributed by atoms with Crippen molar-refractivity contribution < 1.29 is 9.84 Å². The van der Waals surface area contributed by atoms with Gasteiger partial charge in [0.2, 0.25) is 0 Å². The van der Waals surface area contributed by atoms with E-state index in [9.17, 15) is 5.11 Å². The van der Waals surface area contributed by atoms with Crippen LogP contribution in [-0.4, -0.2) is 10.7 Å². The molecule has 3 fully saturated rings. The summed E-state index contributed by atoms with van der Waals surface area (Å²) in [6.07, 6.45) is 10.4. The number of phenolic OH excluding ortho intramolecular Hbond substituents is 1. The zero-order valence-electron chi connectivity index (χ0n) is 18.5. The van der Waals surface area contributed by atoms with Crippen molar-refractivity contribution in [2.45, 2.75) is 91.6 Å². The fourth-order valence-corrected chi connectivity index (χ4v) is 8.93. The number of hydrogen-bond acceptors (Lipinski definition) is 2. The van der Waals surface area contributed by atoms with Gasteiger partial charge < -0.3 is 9.84 Å². The van der Waals surface area contributed by atoms with Crippen LogP contribution >= 0.6 is 0 Å². The number of fused-ring (bicyclic) bond motifs is 5. The molecule has 3 saturated carbocycles. The van der Waals surface area contributed by atoms with Crippen LogP contribution in [0.15, 0.2) is 18.2 Å². The Morgan fingerprint density at radius 2 is 1.75 bits per heavy atom. The highest BCUT2D eigenvalue weighted by molar-refractivity contribution is 5.45. The molecular weight excluding hydrogens is 344 g/mol. The van der Waals surface area contributed by atoms with Gasteiger partial charge in [0, 0.05) is 17.4 Å². The molecule has 1 aliphatic heterocycles. The topological polar surface area (TPSA) is 29.5 Å². The van der Waals surface area contributed by atoms with E-state index in [4.69, 9.17) is 4.74 Å². The Labute approximate surface area is 171 Å². The van der Waals surface area contributed by atoms with E-state index in [-0.39, 0.29) is 11.0 Å². The monoisotopic (exact) mass is 382 g/mol. The van der Waals surface area contributed by atoms with E-state index in [1.54, 1.807) is 6.07 Å². The van der Waals surface area contributed by atoms with Gasteiger partial charge in [-0.3, -0.25) is 0 Å². The summed E-state index contributed by atoms with van der Waals surface area (Å²) in [6.45, 7) is 12.7. The van der Waals surface area contributed by atoms with Gasteiger partial charge >= 0.3 is 0 Å². The van der Waals surface area contributed by atoms with Crippen LogP contribution in [0, 0.1) is 34.0 Å². The van der Waals surface area contributed by atoms with Crippen LogP contribution in [0.1, 0.15) is 85.1 Å². The molecule has 0 bridgehead atoms. The number of benzene rings is 1. The van der Waals surface area contributed by atoms with Gasteiger partial charge in [0.25, 0.3) is 0 Å². The molecule has 0 saturated heterocycles. The highest BCUT2D eigenvalue weighted by atomic mass is 16.5. The lowest BCUT2D eigenvalue weighted by Gasteiger charge is -2.68. The van der Waals surface area contributed by atoms with Crippen LogP contribution in [0.2, 0.25) is 0 Å². The Bertz CT molecular complexity index is 798. The second-order valence-corrected chi connectivity index (χ2v) is 11.8. The molecule has 0 amide bonds. The number of rotatable bonds is 0. The van der Waals surface area contributed by atoms with Crippen molar-refractivity contribution in [1.29, 1.82) is 0 Å². The Morgan fingerprint density at radius 1 is 0.964 bits per heavy atom. The van der Waals surface area contributed by atoms with Gasteiger partial charge in [0.1, 0.15) is 17.1 Å². The van der Waals surface area contributed by atoms with Crippen LogP contribution in [0.25, 0.3) is 0 Å². The first kappa shape index (κ1) is 18.8. The van der Waals surface area contributed by atoms with Gasteiger partial charge in [0.15, 0.2) is 0 Å². The van der Waals surface area contributed by atoms with Crippen molar-refractivity contribution in [2.24, 2.45) is 34.0 Å². The van der Waals surface area contributed by atoms with Crippen LogP contribution in [0.5, 0.6) is 11.5 Å². The lowest BCUT2D eigenvalue weighted by molar-refractivity contribution is -0.225. The largest absolute Gasteiger partial charge is 0.508 e. The summed E-state index contributed by atoms with van der Waals surface area (Å²) in [5.74, 6) is 3.51. The summed E-state index contributed by atoms with van der Waals surface area (Å²) in [4.78, 5) is 0. The van der Waals surface area contributed by atoms with E-state index >= 15 is 0 Å². The smallest absolute Gasteiger partial charge is 0.123 e. The van der Waals surface area contributed by atoms with Crippen LogP contribution in [0.4, 0.5) is 0 Å². The molecule has 1 aromatic carbocycles. The van der Waals surface area contributed by atoms with Crippen molar-refractivity contribution in [3.05, 3.63) is 23.8 Å². The average molecular weight is 383 g/mol. The molecule has 0 radical (unpaired) electrons. The second kappa shape index (κ2) is 5.70. The molecule has 5 rings (SSSR count). The van der Waals surface area contributed by atoms with Crippen LogP contribution in [-0.2, 0) is 6.42 Å². The number of aromatic hydroxyl groups is 1. The van der Waals surface area contributed by atoms with Crippen molar-refractivity contribution >= 4 is 0 Å². The third kappa shape index (κ3) is 2.21. The summed E-state index contributed by atoms with van der Waals surface area (Å²) in [5.41, 5.74) is 2.21. The van der Waals surface area contributed by atoms with Crippen LogP contribution in [0.3, 0.4) is 0 Å². The van der Waals surface area contributed by atoms with Gasteiger partial charge in [-0.25, -0.2) is 0 Å². The summed E-state index contributed by atoms with van der Waals surface area (Å²) >= 11 is 0. The Balaban J connectivity index is 1.59. The predicted octanol–water partition coefficient (Wildman–Crippen LogP) is 6.74. The fourth-order valence-electron chi connectivity index (χ4n) is 8.93. The molecule has 1 spiro atoms. The first-order chi connectivity index (χ1) is 13.1. The fraction of sp³-hybridized carbons (Fsp3) is 0.769. The molecule has 28 heavy (non-hydrogen) atoms. The van der Waals surface area contributed by atoms with E-state index < -0.39 is 0 Å². The quantitative estimate of drug-likeness (QED) is 0.538. The maximum absolute atomic E-state index is 10.0. The van der Waals surface area contributed by atoms with Crippen molar-refractivity contribution in [3.63, 3.8) is 0 Å². The van der Waals surface area contributed by atoms with E-state index in [1.807, 2.05) is 12.1 Å². The van der Waals surface area contributed by atoms with Crippen molar-refractivity contribution in [3.8, 4) is 11.5 Å². The van der Waals surface area contributed by atoms with Crippen molar-refractivity contribution in [2.75, 3.05) is 0 Å². The molecular formula is C26H38O2.